The van der Waals surface area contributed by atoms with E-state index in [-0.39, 0.29) is 23.8 Å². The third-order valence-electron chi connectivity index (χ3n) is 10.5. The number of aromatic nitrogens is 2. The number of ether oxygens (including phenoxy) is 1. The second-order valence-corrected chi connectivity index (χ2v) is 13.5. The van der Waals surface area contributed by atoms with Crippen molar-refractivity contribution in [2.75, 3.05) is 44.7 Å². The highest BCUT2D eigenvalue weighted by molar-refractivity contribution is 6.30. The van der Waals surface area contributed by atoms with Crippen molar-refractivity contribution in [3.63, 3.8) is 0 Å². The van der Waals surface area contributed by atoms with Gasteiger partial charge in [-0.3, -0.25) is 0 Å². The molecule has 2 aliphatic heterocycles. The van der Waals surface area contributed by atoms with E-state index < -0.39 is 11.5 Å². The van der Waals surface area contributed by atoms with E-state index in [1.807, 2.05) is 49.6 Å². The Labute approximate surface area is 270 Å². The first-order valence-electron chi connectivity index (χ1n) is 16.1. The summed E-state index contributed by atoms with van der Waals surface area (Å²) >= 11 is 6.55. The fourth-order valence-electron chi connectivity index (χ4n) is 8.26. The second-order valence-electron chi connectivity index (χ2n) is 13.0. The largest absolute Gasteiger partial charge is 0.446 e. The quantitative estimate of drug-likeness (QED) is 0.304. The van der Waals surface area contributed by atoms with E-state index in [0.29, 0.717) is 23.0 Å². The van der Waals surface area contributed by atoms with Crippen LogP contribution in [0.1, 0.15) is 49.1 Å². The van der Waals surface area contributed by atoms with E-state index in [4.69, 9.17) is 21.6 Å². The molecule has 3 heterocycles. The number of aryl methyl sites for hydroxylation is 1. The smallest absolute Gasteiger partial charge is 0.407 e. The number of piperidine rings is 1. The van der Waals surface area contributed by atoms with Crippen molar-refractivity contribution in [3.05, 3.63) is 82.6 Å². The van der Waals surface area contributed by atoms with Gasteiger partial charge in [0.15, 0.2) is 0 Å². The number of nitriles is 1. The number of carbonyl (C=O) groups excluding carboxylic acids is 1. The maximum Gasteiger partial charge on any atom is 0.407 e. The van der Waals surface area contributed by atoms with Crippen LogP contribution < -0.4 is 10.2 Å². The number of anilines is 1. The van der Waals surface area contributed by atoms with Crippen LogP contribution in [0.4, 0.5) is 14.9 Å². The van der Waals surface area contributed by atoms with Crippen LogP contribution in [0.3, 0.4) is 0 Å². The van der Waals surface area contributed by atoms with E-state index in [0.717, 1.165) is 76.2 Å². The van der Waals surface area contributed by atoms with E-state index >= 15 is 4.39 Å². The lowest BCUT2D eigenvalue weighted by molar-refractivity contribution is 0.00168. The number of likely N-dealkylation sites (tertiary alicyclic amines) is 1. The van der Waals surface area contributed by atoms with E-state index in [1.165, 1.54) is 11.8 Å². The lowest BCUT2D eigenvalue weighted by Gasteiger charge is -2.51. The molecule has 6 rings (SSSR count). The number of carbonyl (C=O) groups is 1. The fourth-order valence-corrected chi connectivity index (χ4v) is 8.48. The Hall–Kier alpha value is -3.61. The van der Waals surface area contributed by atoms with Gasteiger partial charge in [0, 0.05) is 73.6 Å². The Kier molecular flexibility index (Phi) is 9.34. The van der Waals surface area contributed by atoms with Crippen LogP contribution in [-0.4, -0.2) is 66.4 Å². The molecule has 1 amide bonds. The molecule has 1 aromatic heterocycles. The molecular formula is C35H42ClFN6O2. The maximum atomic E-state index is 15.2. The Morgan fingerprint density at radius 3 is 2.56 bits per heavy atom. The third kappa shape index (κ3) is 6.54. The molecule has 0 spiro atoms. The Morgan fingerprint density at radius 1 is 1.16 bits per heavy atom. The van der Waals surface area contributed by atoms with Crippen LogP contribution in [0.2, 0.25) is 5.02 Å². The van der Waals surface area contributed by atoms with Crippen LogP contribution in [0.15, 0.2) is 54.9 Å². The van der Waals surface area contributed by atoms with Crippen molar-refractivity contribution in [1.82, 2.24) is 19.8 Å². The van der Waals surface area contributed by atoms with Gasteiger partial charge < -0.3 is 24.4 Å². The molecule has 1 aliphatic carbocycles. The molecule has 1 saturated carbocycles. The summed E-state index contributed by atoms with van der Waals surface area (Å²) in [6.45, 7) is 7.60. The SMILES string of the molecule is CNC(=O)O[C@H]1CCC[C@@H]1C(Cn1ccnc1C)(c1cc(F)cc(Cl)c1)C1CCN(CC2CN(c3ccc(C#N)cc3)C2)CC1. The fraction of sp³-hybridized carbons (Fsp3) is 0.514. The van der Waals surface area contributed by atoms with Gasteiger partial charge in [-0.05, 0) is 106 Å². The number of nitrogens with zero attached hydrogens (tertiary/aromatic N) is 5. The van der Waals surface area contributed by atoms with E-state index in [1.54, 1.807) is 13.1 Å². The number of imidazole rings is 1. The number of hydrogen-bond acceptors (Lipinski definition) is 6. The first-order chi connectivity index (χ1) is 21.8. The highest BCUT2D eigenvalue weighted by Crippen LogP contribution is 2.53. The van der Waals surface area contributed by atoms with Crippen molar-refractivity contribution >= 4 is 23.4 Å². The van der Waals surface area contributed by atoms with Gasteiger partial charge in [-0.1, -0.05) is 11.6 Å². The van der Waals surface area contributed by atoms with Gasteiger partial charge in [0.25, 0.3) is 0 Å². The number of alkyl carbamates (subject to hydrolysis) is 1. The molecule has 1 unspecified atom stereocenters. The number of amides is 1. The van der Waals surface area contributed by atoms with Gasteiger partial charge in [-0.2, -0.15) is 5.26 Å². The molecule has 0 bridgehead atoms. The Balaban J connectivity index is 1.24. The van der Waals surface area contributed by atoms with Crippen molar-refractivity contribution in [2.24, 2.45) is 17.8 Å². The predicted octanol–water partition coefficient (Wildman–Crippen LogP) is 6.17. The van der Waals surface area contributed by atoms with Crippen molar-refractivity contribution < 1.29 is 13.9 Å². The Morgan fingerprint density at radius 2 is 1.91 bits per heavy atom. The van der Waals surface area contributed by atoms with Crippen molar-refractivity contribution in [3.8, 4) is 6.07 Å². The molecule has 45 heavy (non-hydrogen) atoms. The van der Waals surface area contributed by atoms with E-state index in [9.17, 15) is 4.79 Å². The number of nitrogens with one attached hydrogen (secondary N) is 1. The van der Waals surface area contributed by atoms with E-state index in [2.05, 4.69) is 30.7 Å². The minimum atomic E-state index is -0.513. The molecule has 238 valence electrons. The van der Waals surface area contributed by atoms with Crippen LogP contribution in [0.5, 0.6) is 0 Å². The summed E-state index contributed by atoms with van der Waals surface area (Å²) in [6, 6.07) is 15.0. The average molecular weight is 633 g/mol. The number of rotatable bonds is 9. The molecule has 3 aliphatic rings. The normalized spacial score (nSPS) is 22.4. The lowest BCUT2D eigenvalue weighted by atomic mass is 9.58. The summed E-state index contributed by atoms with van der Waals surface area (Å²) in [5.74, 6) is 1.37. The van der Waals surface area contributed by atoms with Gasteiger partial charge in [0.05, 0.1) is 11.6 Å². The lowest BCUT2D eigenvalue weighted by Crippen LogP contribution is -2.55. The van der Waals surface area contributed by atoms with Crippen molar-refractivity contribution in [2.45, 2.75) is 57.1 Å². The molecule has 0 radical (unpaired) electrons. The minimum absolute atomic E-state index is 0.00127. The molecule has 3 atom stereocenters. The van der Waals surface area contributed by atoms with Crippen LogP contribution in [0.25, 0.3) is 0 Å². The average Bonchev–Trinajstić information content (AvgIpc) is 3.65. The third-order valence-corrected chi connectivity index (χ3v) is 10.7. The highest BCUT2D eigenvalue weighted by Gasteiger charge is 2.53. The maximum absolute atomic E-state index is 15.2. The standard InChI is InChI=1S/C35H42ClFN6O2/c1-24-40-12-15-42(24)23-35(28-16-29(36)18-30(37)17-28,32-4-3-5-33(32)45-34(44)39-2)27-10-13-41(14-11-27)20-26-21-43(22-26)31-8-6-25(19-38)7-9-31/h6-9,12,15-18,26-27,32-33H,3-5,10-11,13-14,20-23H2,1-2H3,(H,39,44)/t32-,33-,35?/m0/s1. The summed E-state index contributed by atoms with van der Waals surface area (Å²) in [7, 11) is 1.59. The number of hydrogen-bond donors (Lipinski definition) is 1. The van der Waals surface area contributed by atoms with Gasteiger partial charge in [0.2, 0.25) is 0 Å². The number of benzene rings is 2. The monoisotopic (exact) mass is 632 g/mol. The van der Waals surface area contributed by atoms with Crippen LogP contribution in [-0.2, 0) is 16.7 Å². The highest BCUT2D eigenvalue weighted by atomic mass is 35.5. The van der Waals surface area contributed by atoms with Crippen LogP contribution in [0, 0.1) is 41.8 Å². The van der Waals surface area contributed by atoms with Crippen molar-refractivity contribution in [1.29, 1.82) is 5.26 Å². The zero-order valence-electron chi connectivity index (χ0n) is 26.1. The second kappa shape index (κ2) is 13.4. The summed E-state index contributed by atoms with van der Waals surface area (Å²) in [6.07, 6.45) is 7.62. The molecule has 3 aromatic rings. The molecule has 3 fully saturated rings. The molecular weight excluding hydrogens is 591 g/mol. The molecule has 10 heteroatoms. The summed E-state index contributed by atoms with van der Waals surface area (Å²) in [5.41, 5.74) is 2.22. The van der Waals surface area contributed by atoms with Crippen LogP contribution >= 0.6 is 11.6 Å². The first kappa shape index (κ1) is 31.4. The Bertz CT molecular complexity index is 1510. The zero-order valence-corrected chi connectivity index (χ0v) is 26.8. The minimum Gasteiger partial charge on any atom is -0.446 e. The molecule has 8 nitrogen and oxygen atoms in total. The molecule has 1 N–H and O–H groups in total. The zero-order chi connectivity index (χ0) is 31.6. The number of halogens is 2. The summed E-state index contributed by atoms with van der Waals surface area (Å²) in [4.78, 5) is 22.0. The summed E-state index contributed by atoms with van der Waals surface area (Å²) in [5, 5.41) is 12.1. The van der Waals surface area contributed by atoms with Gasteiger partial charge in [0.1, 0.15) is 17.7 Å². The van der Waals surface area contributed by atoms with Gasteiger partial charge >= 0.3 is 6.09 Å². The molecule has 2 aromatic carbocycles. The first-order valence-corrected chi connectivity index (χ1v) is 16.5. The predicted molar refractivity (Wildman–Crippen MR) is 173 cm³/mol. The topological polar surface area (TPSA) is 86.4 Å². The molecule has 2 saturated heterocycles. The van der Waals surface area contributed by atoms with Gasteiger partial charge in [-0.15, -0.1) is 0 Å². The van der Waals surface area contributed by atoms with Gasteiger partial charge in [-0.25, -0.2) is 14.2 Å². The summed E-state index contributed by atoms with van der Waals surface area (Å²) < 4.78 is 23.3.